The first kappa shape index (κ1) is 38.8. The van der Waals surface area contributed by atoms with Gasteiger partial charge in [0.05, 0.1) is 40.1 Å². The number of H-pyrrole nitrogens is 1. The maximum atomic E-state index is 13.4. The number of nitrogens with one attached hydrogen (secondary N) is 2. The van der Waals surface area contributed by atoms with Crippen LogP contribution in [0.2, 0.25) is 5.02 Å². The molecule has 5 N–H and O–H groups in total. The van der Waals surface area contributed by atoms with E-state index in [9.17, 15) is 24.9 Å². The minimum Gasteiger partial charge on any atom is -0.506 e. The summed E-state index contributed by atoms with van der Waals surface area (Å²) in [6, 6.07) is 17.1. The summed E-state index contributed by atoms with van der Waals surface area (Å²) in [5.41, 5.74) is -0.553. The second-order valence-electron chi connectivity index (χ2n) is 13.2. The van der Waals surface area contributed by atoms with E-state index in [-0.39, 0.29) is 29.5 Å². The van der Waals surface area contributed by atoms with Gasteiger partial charge in [0.25, 0.3) is 0 Å². The predicted octanol–water partition coefficient (Wildman–Crippen LogP) is 6.33. The minimum atomic E-state index is -1.80. The highest BCUT2D eigenvalue weighted by Gasteiger charge is 2.45. The molecule has 0 spiro atoms. The lowest BCUT2D eigenvalue weighted by Crippen LogP contribution is -2.42. The van der Waals surface area contributed by atoms with Crippen molar-refractivity contribution in [1.29, 1.82) is 0 Å². The Morgan fingerprint density at radius 3 is 2.45 bits per heavy atom. The number of aromatic nitrogens is 1. The van der Waals surface area contributed by atoms with E-state index < -0.39 is 17.7 Å². The number of aliphatic hydroxyl groups is 2. The predicted molar refractivity (Wildman–Crippen MR) is 207 cm³/mol. The highest BCUT2D eigenvalue weighted by Crippen LogP contribution is 2.38. The van der Waals surface area contributed by atoms with Crippen LogP contribution in [0.25, 0.3) is 10.9 Å². The number of benzene rings is 2. The zero-order valence-electron chi connectivity index (χ0n) is 29.5. The van der Waals surface area contributed by atoms with E-state index in [2.05, 4.69) is 22.2 Å². The van der Waals surface area contributed by atoms with E-state index >= 15 is 0 Å². The molecule has 1 aliphatic rings. The fourth-order valence-corrected chi connectivity index (χ4v) is 8.74. The number of phenols is 1. The first-order chi connectivity index (χ1) is 25.6. The van der Waals surface area contributed by atoms with Crippen molar-refractivity contribution in [1.82, 2.24) is 15.2 Å². The largest absolute Gasteiger partial charge is 0.506 e. The van der Waals surface area contributed by atoms with E-state index in [0.29, 0.717) is 56.4 Å². The van der Waals surface area contributed by atoms with Crippen molar-refractivity contribution in [2.24, 2.45) is 0 Å². The van der Waals surface area contributed by atoms with Crippen molar-refractivity contribution in [3.63, 3.8) is 0 Å². The molecule has 3 heterocycles. The molecule has 0 radical (unpaired) electrons. The Hall–Kier alpha value is -3.95. The number of phenolic OH excluding ortho intramolecular Hbond substituents is 1. The first-order valence-corrected chi connectivity index (χ1v) is 19.7. The molecule has 2 aromatic carbocycles. The topological polar surface area (TPSA) is 154 Å². The van der Waals surface area contributed by atoms with Crippen LogP contribution in [0.4, 0.5) is 0 Å². The van der Waals surface area contributed by atoms with Crippen molar-refractivity contribution in [2.75, 3.05) is 33.9 Å². The van der Waals surface area contributed by atoms with Gasteiger partial charge in [0, 0.05) is 43.2 Å². The standard InChI is InChI=1S/C39H44ClN3O8S2/c1-43(25-8-10-26(11-9-25)51-38(47)39(48,33-6-3-18-52-33)34-7-4-19-53-34)16-5-17-50-32-21-27(49-2)20-24(36(32)40)22-41-23-31(45)28-12-14-30(44)37-29(28)13-15-35(46)42-37/h3-4,6-7,12-15,18-21,25-26,31,41,44-45,48H,5,8-11,16-17,22-23H2,1-2H3,(H,42,46)/t25?,26?,31-/m0/s1. The highest BCUT2D eigenvalue weighted by atomic mass is 35.5. The summed E-state index contributed by atoms with van der Waals surface area (Å²) in [5.74, 6) is 0.411. The summed E-state index contributed by atoms with van der Waals surface area (Å²) in [6.45, 7) is 1.76. The molecular formula is C39H44ClN3O8S2. The maximum absolute atomic E-state index is 13.4. The monoisotopic (exact) mass is 781 g/mol. The van der Waals surface area contributed by atoms with Crippen molar-refractivity contribution in [3.05, 3.63) is 108 Å². The van der Waals surface area contributed by atoms with Gasteiger partial charge in [-0.1, -0.05) is 29.8 Å². The average molecular weight is 782 g/mol. The molecule has 6 rings (SSSR count). The summed E-state index contributed by atoms with van der Waals surface area (Å²) >= 11 is 9.45. The number of ether oxygens (including phenoxy) is 3. The molecule has 0 saturated heterocycles. The number of hydrogen-bond acceptors (Lipinski definition) is 12. The van der Waals surface area contributed by atoms with Gasteiger partial charge in [-0.2, -0.15) is 0 Å². The number of pyridine rings is 1. The Balaban J connectivity index is 0.962. The average Bonchev–Trinajstić information content (AvgIpc) is 3.91. The van der Waals surface area contributed by atoms with E-state index in [1.165, 1.54) is 34.8 Å². The second kappa shape index (κ2) is 17.5. The number of aromatic hydroxyl groups is 1. The molecule has 0 aliphatic heterocycles. The fourth-order valence-electron chi connectivity index (χ4n) is 6.79. The highest BCUT2D eigenvalue weighted by molar-refractivity contribution is 7.12. The van der Waals surface area contributed by atoms with Crippen LogP contribution in [0.15, 0.2) is 76.2 Å². The van der Waals surface area contributed by atoms with E-state index in [1.54, 1.807) is 37.4 Å². The van der Waals surface area contributed by atoms with Gasteiger partial charge in [-0.3, -0.25) is 4.79 Å². The van der Waals surface area contributed by atoms with E-state index in [4.69, 9.17) is 25.8 Å². The first-order valence-electron chi connectivity index (χ1n) is 17.5. The van der Waals surface area contributed by atoms with Crippen LogP contribution in [0.1, 0.15) is 59.1 Å². The summed E-state index contributed by atoms with van der Waals surface area (Å²) in [6.07, 6.45) is 2.80. The van der Waals surface area contributed by atoms with Gasteiger partial charge in [-0.05, 0) is 91.4 Å². The van der Waals surface area contributed by atoms with Gasteiger partial charge >= 0.3 is 5.97 Å². The number of carbonyl (C=O) groups excluding carboxylic acids is 1. The molecule has 14 heteroatoms. The van der Waals surface area contributed by atoms with Gasteiger partial charge in [0.15, 0.2) is 0 Å². The number of aliphatic hydroxyl groups excluding tert-OH is 1. The molecule has 5 aromatic rings. The SMILES string of the molecule is COc1cc(CNC[C@H](O)c2ccc(O)c3[nH]c(=O)ccc23)c(Cl)c(OCCCN(C)C2CCC(OC(=O)C(O)(c3cccs3)c3cccs3)CC2)c1. The smallest absolute Gasteiger partial charge is 0.349 e. The number of carbonyl (C=O) groups is 1. The van der Waals surface area contributed by atoms with Crippen LogP contribution in [-0.4, -0.2) is 77.2 Å². The third kappa shape index (κ3) is 8.89. The number of halogens is 1. The molecule has 282 valence electrons. The van der Waals surface area contributed by atoms with Gasteiger partial charge < -0.3 is 44.7 Å². The normalized spacial score (nSPS) is 16.9. The summed E-state index contributed by atoms with van der Waals surface area (Å²) < 4.78 is 17.6. The molecule has 0 bridgehead atoms. The maximum Gasteiger partial charge on any atom is 0.349 e. The number of aromatic amines is 1. The summed E-state index contributed by atoms with van der Waals surface area (Å²) in [7, 11) is 3.67. The van der Waals surface area contributed by atoms with Crippen LogP contribution in [0.5, 0.6) is 17.2 Å². The number of methoxy groups -OCH3 is 1. The molecule has 1 atom stereocenters. The van der Waals surface area contributed by atoms with Crippen molar-refractivity contribution in [3.8, 4) is 17.2 Å². The summed E-state index contributed by atoms with van der Waals surface area (Å²) in [4.78, 5) is 31.2. The Bertz CT molecular complexity index is 2000. The minimum absolute atomic E-state index is 0.0677. The van der Waals surface area contributed by atoms with Crippen molar-refractivity contribution >= 4 is 51.1 Å². The van der Waals surface area contributed by atoms with Crippen LogP contribution in [0.3, 0.4) is 0 Å². The molecule has 0 amide bonds. The third-order valence-electron chi connectivity index (χ3n) is 9.75. The molecule has 53 heavy (non-hydrogen) atoms. The van der Waals surface area contributed by atoms with E-state index in [0.717, 1.165) is 44.2 Å². The quantitative estimate of drug-likeness (QED) is 0.0567. The lowest BCUT2D eigenvalue weighted by atomic mass is 9.91. The molecular weight excluding hydrogens is 738 g/mol. The Labute approximate surface area is 320 Å². The number of rotatable bonds is 16. The number of thiophene rings is 2. The number of hydrogen-bond donors (Lipinski definition) is 5. The number of esters is 1. The Kier molecular flexibility index (Phi) is 12.8. The zero-order chi connectivity index (χ0) is 37.5. The van der Waals surface area contributed by atoms with Crippen LogP contribution in [0, 0.1) is 0 Å². The fraction of sp³-hybridized carbons (Fsp3) is 0.385. The molecule has 1 fully saturated rings. The third-order valence-corrected chi connectivity index (χ3v) is 12.1. The van der Waals surface area contributed by atoms with Crippen molar-refractivity contribution in [2.45, 2.75) is 62.5 Å². The van der Waals surface area contributed by atoms with Crippen molar-refractivity contribution < 1.29 is 34.3 Å². The lowest BCUT2D eigenvalue weighted by molar-refractivity contribution is -0.169. The molecule has 0 unspecified atom stereocenters. The van der Waals surface area contributed by atoms with Gasteiger partial charge in [-0.15, -0.1) is 22.7 Å². The second-order valence-corrected chi connectivity index (χ2v) is 15.5. The van der Waals surface area contributed by atoms with E-state index in [1.807, 2.05) is 29.0 Å². The van der Waals surface area contributed by atoms with Gasteiger partial charge in [0.2, 0.25) is 11.2 Å². The molecule has 3 aromatic heterocycles. The summed E-state index contributed by atoms with van der Waals surface area (Å²) in [5, 5.41) is 40.6. The molecule has 1 aliphatic carbocycles. The Morgan fingerprint density at radius 2 is 1.79 bits per heavy atom. The number of nitrogens with zero attached hydrogens (tertiary/aromatic N) is 1. The lowest BCUT2D eigenvalue weighted by Gasteiger charge is -2.35. The zero-order valence-corrected chi connectivity index (χ0v) is 31.9. The van der Waals surface area contributed by atoms with Crippen LogP contribution >= 0.6 is 34.3 Å². The molecule has 1 saturated carbocycles. The van der Waals surface area contributed by atoms with Crippen LogP contribution < -0.4 is 20.3 Å². The number of fused-ring (bicyclic) bond motifs is 1. The van der Waals surface area contributed by atoms with Crippen LogP contribution in [-0.2, 0) is 21.7 Å². The van der Waals surface area contributed by atoms with Gasteiger partial charge in [0.1, 0.15) is 23.4 Å². The van der Waals surface area contributed by atoms with Gasteiger partial charge in [-0.25, -0.2) is 4.79 Å². The Morgan fingerprint density at radius 1 is 1.08 bits per heavy atom. The molecule has 11 nitrogen and oxygen atoms in total.